The van der Waals surface area contributed by atoms with Crippen LogP contribution in [0.1, 0.15) is 56.3 Å². The first kappa shape index (κ1) is 22.1. The summed E-state index contributed by atoms with van der Waals surface area (Å²) in [5.41, 5.74) is 0.791. The minimum absolute atomic E-state index is 0.157. The van der Waals surface area contributed by atoms with Crippen molar-refractivity contribution in [3.63, 3.8) is 0 Å². The van der Waals surface area contributed by atoms with E-state index in [0.29, 0.717) is 29.5 Å². The van der Waals surface area contributed by atoms with Gasteiger partial charge in [0.1, 0.15) is 11.5 Å². The molecule has 0 aliphatic heterocycles. The summed E-state index contributed by atoms with van der Waals surface area (Å²) in [5.74, 6) is 0.167. The number of ether oxygens (including phenoxy) is 1. The number of hydrogen-bond acceptors (Lipinski definition) is 6. The van der Waals surface area contributed by atoms with Crippen LogP contribution in [0.5, 0.6) is 5.75 Å². The van der Waals surface area contributed by atoms with E-state index in [1.165, 1.54) is 16.2 Å². The summed E-state index contributed by atoms with van der Waals surface area (Å²) in [5, 5.41) is 9.01. The Balaban J connectivity index is 1.70. The van der Waals surface area contributed by atoms with Gasteiger partial charge in [0.05, 0.1) is 19.1 Å². The number of amides is 1. The van der Waals surface area contributed by atoms with Crippen LogP contribution in [0.2, 0.25) is 0 Å². The maximum atomic E-state index is 13.3. The molecular formula is C24H28N2O5S. The molecular weight excluding hydrogens is 428 g/mol. The number of carboxylic acids is 1. The maximum absolute atomic E-state index is 13.3. The number of carbonyl (C=O) groups excluding carboxylic acids is 1. The van der Waals surface area contributed by atoms with Gasteiger partial charge in [0, 0.05) is 30.7 Å². The highest BCUT2D eigenvalue weighted by molar-refractivity contribution is 7.16. The van der Waals surface area contributed by atoms with Crippen molar-refractivity contribution in [1.29, 1.82) is 0 Å². The first-order valence-corrected chi connectivity index (χ1v) is 11.3. The van der Waals surface area contributed by atoms with E-state index in [2.05, 4.69) is 4.98 Å². The van der Waals surface area contributed by atoms with E-state index in [9.17, 15) is 9.59 Å². The number of aliphatic carboxylic acids is 1. The van der Waals surface area contributed by atoms with Crippen molar-refractivity contribution in [2.45, 2.75) is 52.1 Å². The van der Waals surface area contributed by atoms with E-state index in [0.717, 1.165) is 23.3 Å². The molecule has 1 N–H and O–H groups in total. The molecule has 32 heavy (non-hydrogen) atoms. The van der Waals surface area contributed by atoms with Crippen LogP contribution in [0.4, 0.5) is 0 Å². The van der Waals surface area contributed by atoms with Crippen LogP contribution in [0.25, 0.3) is 10.6 Å². The minimum atomic E-state index is -1.18. The Morgan fingerprint density at radius 1 is 1.22 bits per heavy atom. The summed E-state index contributed by atoms with van der Waals surface area (Å²) < 4.78 is 19.9. The normalized spacial score (nSPS) is 11.8. The van der Waals surface area contributed by atoms with Crippen LogP contribution in [0, 0.1) is 0 Å². The van der Waals surface area contributed by atoms with Crippen molar-refractivity contribution < 1.29 is 25.2 Å². The van der Waals surface area contributed by atoms with Gasteiger partial charge in [0.25, 0.3) is 5.91 Å². The number of benzene rings is 1. The Bertz CT molecular complexity index is 1060. The highest BCUT2D eigenvalue weighted by Crippen LogP contribution is 2.28. The van der Waals surface area contributed by atoms with Gasteiger partial charge in [-0.25, -0.2) is 4.98 Å². The number of nitrogens with zero attached hydrogens (tertiary/aromatic N) is 2. The van der Waals surface area contributed by atoms with Gasteiger partial charge < -0.3 is 19.2 Å². The molecule has 0 radical (unpaired) electrons. The second kappa shape index (κ2) is 11.5. The van der Waals surface area contributed by atoms with Crippen molar-refractivity contribution in [3.8, 4) is 16.4 Å². The number of aromatic nitrogens is 1. The molecule has 2 heterocycles. The molecule has 0 saturated carbocycles. The molecule has 0 unspecified atom stereocenters. The van der Waals surface area contributed by atoms with E-state index >= 15 is 0 Å². The van der Waals surface area contributed by atoms with Crippen molar-refractivity contribution in [2.75, 3.05) is 6.61 Å². The third-order valence-corrected chi connectivity index (χ3v) is 5.83. The van der Waals surface area contributed by atoms with Crippen LogP contribution < -0.4 is 4.74 Å². The molecule has 1 amide bonds. The highest BCUT2D eigenvalue weighted by atomic mass is 32.1. The molecule has 0 saturated heterocycles. The number of thiazole rings is 1. The topological polar surface area (TPSA) is 92.9 Å². The van der Waals surface area contributed by atoms with Gasteiger partial charge in [0.2, 0.25) is 0 Å². The third-order valence-electron chi connectivity index (χ3n) is 4.83. The summed E-state index contributed by atoms with van der Waals surface area (Å²) in [7, 11) is 0. The first-order valence-electron chi connectivity index (χ1n) is 11.0. The lowest BCUT2D eigenvalue weighted by Gasteiger charge is -2.27. The largest absolute Gasteiger partial charge is 0.493 e. The molecule has 7 nitrogen and oxygen atoms in total. The Kier molecular flexibility index (Phi) is 7.92. The Hall–Kier alpha value is -3.13. The second-order valence-electron chi connectivity index (χ2n) is 7.51. The first-order chi connectivity index (χ1) is 15.8. The quantitative estimate of drug-likeness (QED) is 0.362. The number of hydrogen-bond donors (Lipinski definition) is 1. The average Bonchev–Trinajstić information content (AvgIpc) is 3.45. The molecule has 0 bridgehead atoms. The molecule has 0 aliphatic rings. The van der Waals surface area contributed by atoms with Gasteiger partial charge >= 0.3 is 5.97 Å². The zero-order chi connectivity index (χ0) is 23.8. The van der Waals surface area contributed by atoms with Crippen molar-refractivity contribution in [3.05, 3.63) is 59.4 Å². The number of carbonyl (C=O) groups is 2. The summed E-state index contributed by atoms with van der Waals surface area (Å²) in [6.07, 6.45) is 5.45. The standard InChI is InChI=1S/C24H28N2O5S/c1-17(2)26(24(29)23-25-15-21(32-23)20-11-8-14-31-20)16-18-9-5-6-10-19(18)30-13-7-3-4-12-22(27)28/h5-6,8-11,14-15,17H,3-4,7,12-13,16H2,1-2H3,(H,27,28)/i17D. The molecule has 0 fully saturated rings. The molecule has 1 aromatic carbocycles. The number of rotatable bonds is 12. The summed E-state index contributed by atoms with van der Waals surface area (Å²) in [6, 6.07) is 9.84. The number of unbranched alkanes of at least 4 members (excludes halogenated alkanes) is 2. The predicted octanol–water partition coefficient (Wildman–Crippen LogP) is 5.48. The van der Waals surface area contributed by atoms with Crippen LogP contribution in [0.3, 0.4) is 0 Å². The van der Waals surface area contributed by atoms with Crippen molar-refractivity contribution >= 4 is 23.2 Å². The molecule has 0 aliphatic carbocycles. The third kappa shape index (κ3) is 6.43. The monoisotopic (exact) mass is 457 g/mol. The van der Waals surface area contributed by atoms with Gasteiger partial charge in [-0.3, -0.25) is 9.59 Å². The van der Waals surface area contributed by atoms with Gasteiger partial charge in [-0.1, -0.05) is 18.2 Å². The SMILES string of the molecule is [2H]C(C)(C)N(Cc1ccccc1OCCCCCC(=O)O)C(=O)c1ncc(-c2ccco2)s1. The number of para-hydroxylation sites is 1. The lowest BCUT2D eigenvalue weighted by atomic mass is 10.1. The van der Waals surface area contributed by atoms with Gasteiger partial charge in [-0.2, -0.15) is 0 Å². The van der Waals surface area contributed by atoms with Crippen LogP contribution in [0.15, 0.2) is 53.3 Å². The van der Waals surface area contributed by atoms with Crippen LogP contribution >= 0.6 is 11.3 Å². The minimum Gasteiger partial charge on any atom is -0.493 e. The zero-order valence-electron chi connectivity index (χ0n) is 19.2. The smallest absolute Gasteiger partial charge is 0.303 e. The number of carboxylic acid groups (broad SMARTS) is 1. The maximum Gasteiger partial charge on any atom is 0.303 e. The predicted molar refractivity (Wildman–Crippen MR) is 123 cm³/mol. The molecule has 3 rings (SSSR count). The fourth-order valence-electron chi connectivity index (χ4n) is 3.14. The fraction of sp³-hybridized carbons (Fsp3) is 0.375. The summed E-state index contributed by atoms with van der Waals surface area (Å²) >= 11 is 1.23. The Morgan fingerprint density at radius 2 is 2.03 bits per heavy atom. The van der Waals surface area contributed by atoms with E-state index < -0.39 is 12.0 Å². The fourth-order valence-corrected chi connectivity index (χ4v) is 3.97. The molecule has 0 spiro atoms. The van der Waals surface area contributed by atoms with E-state index in [-0.39, 0.29) is 18.9 Å². The molecule has 8 heteroatoms. The lowest BCUT2D eigenvalue weighted by molar-refractivity contribution is -0.137. The average molecular weight is 458 g/mol. The van der Waals surface area contributed by atoms with Gasteiger partial charge in [-0.15, -0.1) is 11.3 Å². The number of furan rings is 1. The van der Waals surface area contributed by atoms with Crippen LogP contribution in [-0.4, -0.2) is 39.5 Å². The zero-order valence-corrected chi connectivity index (χ0v) is 19.1. The summed E-state index contributed by atoms with van der Waals surface area (Å²) in [4.78, 5) is 30.4. The van der Waals surface area contributed by atoms with Crippen molar-refractivity contribution in [2.24, 2.45) is 0 Å². The molecule has 3 aromatic rings. The van der Waals surface area contributed by atoms with E-state index in [1.54, 1.807) is 32.4 Å². The molecule has 2 aromatic heterocycles. The van der Waals surface area contributed by atoms with E-state index in [4.69, 9.17) is 15.6 Å². The Labute approximate surface area is 193 Å². The molecule has 0 atom stereocenters. The van der Waals surface area contributed by atoms with Gasteiger partial charge in [-0.05, 0) is 51.3 Å². The van der Waals surface area contributed by atoms with Gasteiger partial charge in [0.15, 0.2) is 5.01 Å². The highest BCUT2D eigenvalue weighted by Gasteiger charge is 2.24. The molecule has 170 valence electrons. The lowest BCUT2D eigenvalue weighted by Crippen LogP contribution is -2.36. The summed E-state index contributed by atoms with van der Waals surface area (Å²) in [6.45, 7) is 3.98. The van der Waals surface area contributed by atoms with E-state index in [1.807, 2.05) is 30.3 Å². The Morgan fingerprint density at radius 3 is 2.75 bits per heavy atom. The van der Waals surface area contributed by atoms with Crippen molar-refractivity contribution in [1.82, 2.24) is 9.88 Å². The second-order valence-corrected chi connectivity index (χ2v) is 8.54. The van der Waals surface area contributed by atoms with Crippen LogP contribution in [-0.2, 0) is 11.3 Å².